The van der Waals surface area contributed by atoms with Crippen LogP contribution in [0, 0.1) is 0 Å². The van der Waals surface area contributed by atoms with Gasteiger partial charge >= 0.3 is 6.03 Å². The fraction of sp³-hybridized carbons (Fsp3) is 0.188. The Balaban J connectivity index is 1.69. The third kappa shape index (κ3) is 2.88. The number of halogens is 1. The lowest BCUT2D eigenvalue weighted by Crippen LogP contribution is -2.30. The maximum absolute atomic E-state index is 12.3. The van der Waals surface area contributed by atoms with E-state index >= 15 is 0 Å². The normalized spacial score (nSPS) is 13.0. The second kappa shape index (κ2) is 5.77. The summed E-state index contributed by atoms with van der Waals surface area (Å²) < 4.78 is 5.99. The van der Waals surface area contributed by atoms with Crippen LogP contribution in [-0.4, -0.2) is 18.0 Å². The van der Waals surface area contributed by atoms with Crippen LogP contribution in [0.15, 0.2) is 46.9 Å². The van der Waals surface area contributed by atoms with Crippen molar-refractivity contribution in [1.82, 2.24) is 4.90 Å². The van der Waals surface area contributed by atoms with Gasteiger partial charge in [0, 0.05) is 18.8 Å². The van der Waals surface area contributed by atoms with Crippen molar-refractivity contribution in [2.24, 2.45) is 0 Å². The minimum atomic E-state index is -0.0942. The minimum absolute atomic E-state index is 0.0942. The summed E-state index contributed by atoms with van der Waals surface area (Å²) in [6.07, 6.45) is 0. The van der Waals surface area contributed by atoms with Gasteiger partial charge in [-0.3, -0.25) is 0 Å². The summed E-state index contributed by atoms with van der Waals surface area (Å²) in [5, 5.41) is 2.91. The van der Waals surface area contributed by atoms with Crippen LogP contribution in [0.3, 0.4) is 0 Å². The molecule has 0 fully saturated rings. The zero-order chi connectivity index (χ0) is 14.8. The van der Waals surface area contributed by atoms with Gasteiger partial charge in [-0.25, -0.2) is 4.79 Å². The van der Waals surface area contributed by atoms with Crippen molar-refractivity contribution < 1.29 is 9.53 Å². The lowest BCUT2D eigenvalue weighted by atomic mass is 10.1. The predicted molar refractivity (Wildman–Crippen MR) is 85.4 cm³/mol. The Hall–Kier alpha value is -2.01. The Bertz CT molecular complexity index is 663. The number of anilines is 1. The molecule has 1 aliphatic heterocycles. The van der Waals surface area contributed by atoms with Crippen LogP contribution >= 0.6 is 15.9 Å². The van der Waals surface area contributed by atoms with Gasteiger partial charge in [0.05, 0.1) is 11.6 Å². The first-order valence-corrected chi connectivity index (χ1v) is 7.43. The molecule has 0 radical (unpaired) electrons. The Morgan fingerprint density at radius 1 is 1.19 bits per heavy atom. The van der Waals surface area contributed by atoms with E-state index in [-0.39, 0.29) is 6.03 Å². The van der Waals surface area contributed by atoms with E-state index in [0.29, 0.717) is 13.1 Å². The average Bonchev–Trinajstić information content (AvgIpc) is 2.91. The largest absolute Gasteiger partial charge is 0.496 e. The smallest absolute Gasteiger partial charge is 0.322 e. The lowest BCUT2D eigenvalue weighted by Gasteiger charge is -2.17. The number of carbonyl (C=O) groups is 1. The summed E-state index contributed by atoms with van der Waals surface area (Å²) in [7, 11) is 1.61. The van der Waals surface area contributed by atoms with E-state index in [4.69, 9.17) is 4.74 Å². The first kappa shape index (κ1) is 13.9. The summed E-state index contributed by atoms with van der Waals surface area (Å²) in [5.74, 6) is 0.738. The van der Waals surface area contributed by atoms with Gasteiger partial charge in [0.25, 0.3) is 0 Å². The van der Waals surface area contributed by atoms with E-state index < -0.39 is 0 Å². The number of nitrogens with one attached hydrogen (secondary N) is 1. The molecule has 0 unspecified atom stereocenters. The fourth-order valence-electron chi connectivity index (χ4n) is 2.42. The summed E-state index contributed by atoms with van der Waals surface area (Å²) >= 11 is 3.41. The monoisotopic (exact) mass is 346 g/mol. The van der Waals surface area contributed by atoms with Gasteiger partial charge < -0.3 is 15.0 Å². The van der Waals surface area contributed by atoms with Crippen LogP contribution in [0.5, 0.6) is 5.75 Å². The third-order valence-electron chi connectivity index (χ3n) is 3.53. The summed E-state index contributed by atoms with van der Waals surface area (Å²) in [5.41, 5.74) is 3.16. The highest BCUT2D eigenvalue weighted by Gasteiger charge is 2.22. The van der Waals surface area contributed by atoms with Crippen LogP contribution < -0.4 is 10.1 Å². The molecule has 21 heavy (non-hydrogen) atoms. The molecule has 2 amide bonds. The van der Waals surface area contributed by atoms with Crippen molar-refractivity contribution in [3.05, 3.63) is 58.1 Å². The summed E-state index contributed by atoms with van der Waals surface area (Å²) in [4.78, 5) is 14.1. The number of hydrogen-bond acceptors (Lipinski definition) is 2. The Morgan fingerprint density at radius 3 is 2.43 bits per heavy atom. The van der Waals surface area contributed by atoms with Crippen molar-refractivity contribution in [3.63, 3.8) is 0 Å². The molecule has 0 bridgehead atoms. The maximum Gasteiger partial charge on any atom is 0.322 e. The van der Waals surface area contributed by atoms with Gasteiger partial charge in [0.2, 0.25) is 0 Å². The number of methoxy groups -OCH3 is 1. The minimum Gasteiger partial charge on any atom is -0.496 e. The van der Waals surface area contributed by atoms with Crippen LogP contribution in [0.1, 0.15) is 11.1 Å². The van der Waals surface area contributed by atoms with Gasteiger partial charge in [0.1, 0.15) is 5.75 Å². The molecule has 108 valence electrons. The maximum atomic E-state index is 12.3. The Labute approximate surface area is 131 Å². The molecule has 0 saturated heterocycles. The van der Waals surface area contributed by atoms with Crippen molar-refractivity contribution in [3.8, 4) is 5.75 Å². The van der Waals surface area contributed by atoms with Crippen LogP contribution in [0.25, 0.3) is 0 Å². The van der Waals surface area contributed by atoms with E-state index in [9.17, 15) is 4.79 Å². The number of hydrogen-bond donors (Lipinski definition) is 1. The Kier molecular flexibility index (Phi) is 3.84. The molecule has 0 aromatic heterocycles. The number of ether oxygens (including phenoxy) is 1. The topological polar surface area (TPSA) is 41.6 Å². The second-order valence-corrected chi connectivity index (χ2v) is 5.76. The average molecular weight is 347 g/mol. The van der Waals surface area contributed by atoms with Crippen molar-refractivity contribution in [2.45, 2.75) is 13.1 Å². The van der Waals surface area contributed by atoms with Gasteiger partial charge in [-0.2, -0.15) is 0 Å². The summed E-state index contributed by atoms with van der Waals surface area (Å²) in [6, 6.07) is 13.5. The number of carbonyl (C=O) groups excluding carboxylic acids is 1. The molecule has 1 heterocycles. The van der Waals surface area contributed by atoms with E-state index in [1.165, 1.54) is 11.1 Å². The fourth-order valence-corrected chi connectivity index (χ4v) is 2.96. The van der Waals surface area contributed by atoms with Crippen molar-refractivity contribution in [2.75, 3.05) is 12.4 Å². The summed E-state index contributed by atoms with van der Waals surface area (Å²) in [6.45, 7) is 1.30. The molecule has 0 aliphatic carbocycles. The molecule has 1 N–H and O–H groups in total. The lowest BCUT2D eigenvalue weighted by molar-refractivity contribution is 0.212. The third-order valence-corrected chi connectivity index (χ3v) is 4.15. The first-order chi connectivity index (χ1) is 10.2. The van der Waals surface area contributed by atoms with Crippen molar-refractivity contribution in [1.29, 1.82) is 0 Å². The number of amides is 2. The van der Waals surface area contributed by atoms with Crippen LogP contribution in [0.4, 0.5) is 10.5 Å². The van der Waals surface area contributed by atoms with Gasteiger partial charge in [0.15, 0.2) is 0 Å². The van der Waals surface area contributed by atoms with Gasteiger partial charge in [-0.15, -0.1) is 0 Å². The number of urea groups is 1. The van der Waals surface area contributed by atoms with Gasteiger partial charge in [-0.1, -0.05) is 24.3 Å². The Morgan fingerprint density at radius 2 is 1.86 bits per heavy atom. The van der Waals surface area contributed by atoms with E-state index in [1.807, 2.05) is 30.3 Å². The van der Waals surface area contributed by atoms with Crippen LogP contribution in [-0.2, 0) is 13.1 Å². The van der Waals surface area contributed by atoms with E-state index in [2.05, 4.69) is 33.4 Å². The van der Waals surface area contributed by atoms with Crippen molar-refractivity contribution >= 4 is 27.6 Å². The number of fused-ring (bicyclic) bond motifs is 1. The van der Waals surface area contributed by atoms with E-state index in [0.717, 1.165) is 15.9 Å². The standard InChI is InChI=1S/C16H15BrN2O2/c1-21-15-7-6-13(8-14(15)17)18-16(20)19-9-11-4-2-3-5-12(11)10-19/h2-8H,9-10H2,1H3,(H,18,20). The second-order valence-electron chi connectivity index (χ2n) is 4.90. The highest BCUT2D eigenvalue weighted by atomic mass is 79.9. The molecule has 0 spiro atoms. The highest BCUT2D eigenvalue weighted by molar-refractivity contribution is 9.10. The first-order valence-electron chi connectivity index (χ1n) is 6.63. The zero-order valence-electron chi connectivity index (χ0n) is 11.6. The van der Waals surface area contributed by atoms with Gasteiger partial charge in [-0.05, 0) is 45.3 Å². The molecule has 2 aromatic carbocycles. The molecule has 1 aliphatic rings. The molecule has 2 aromatic rings. The predicted octanol–water partition coefficient (Wildman–Crippen LogP) is 4.01. The molecule has 3 rings (SSSR count). The molecule has 0 saturated carbocycles. The molecule has 4 nitrogen and oxygen atoms in total. The molecular formula is C16H15BrN2O2. The highest BCUT2D eigenvalue weighted by Crippen LogP contribution is 2.28. The number of rotatable bonds is 2. The van der Waals surface area contributed by atoms with E-state index in [1.54, 1.807) is 12.0 Å². The molecule has 5 heteroatoms. The number of nitrogens with zero attached hydrogens (tertiary/aromatic N) is 1. The zero-order valence-corrected chi connectivity index (χ0v) is 13.2. The molecular weight excluding hydrogens is 332 g/mol. The quantitative estimate of drug-likeness (QED) is 0.892. The molecule has 0 atom stereocenters. The number of benzene rings is 2. The van der Waals surface area contributed by atoms with Crippen LogP contribution in [0.2, 0.25) is 0 Å². The SMILES string of the molecule is COc1ccc(NC(=O)N2Cc3ccccc3C2)cc1Br.